The van der Waals surface area contributed by atoms with E-state index in [0.29, 0.717) is 12.1 Å². The van der Waals surface area contributed by atoms with Crippen molar-refractivity contribution in [3.05, 3.63) is 0 Å². The molecule has 2 atom stereocenters. The summed E-state index contributed by atoms with van der Waals surface area (Å²) in [7, 11) is 0. The quantitative estimate of drug-likeness (QED) is 0.835. The molecule has 2 fully saturated rings. The van der Waals surface area contributed by atoms with Gasteiger partial charge in [-0.15, -0.1) is 0 Å². The smallest absolute Gasteiger partial charge is 0.108 e. The normalized spacial score (nSPS) is 34.9. The van der Waals surface area contributed by atoms with E-state index in [0.717, 1.165) is 18.8 Å². The molecule has 3 nitrogen and oxygen atoms in total. The molecule has 0 radical (unpaired) electrons. The van der Waals surface area contributed by atoms with Crippen LogP contribution in [0, 0.1) is 17.2 Å². The van der Waals surface area contributed by atoms with Crippen LogP contribution in [-0.2, 0) is 0 Å². The molecule has 0 bridgehead atoms. The number of hydrogen-bond donors (Lipinski definition) is 1. The lowest BCUT2D eigenvalue weighted by molar-refractivity contribution is 0.135. The van der Waals surface area contributed by atoms with Gasteiger partial charge in [0.05, 0.1) is 6.07 Å². The highest BCUT2D eigenvalue weighted by Gasteiger charge is 2.42. The fraction of sp³-hybridized carbons (Fsp3) is 0.933. The van der Waals surface area contributed by atoms with Crippen molar-refractivity contribution >= 4 is 0 Å². The Morgan fingerprint density at radius 1 is 1.28 bits per heavy atom. The fourth-order valence-corrected chi connectivity index (χ4v) is 3.54. The first-order valence-electron chi connectivity index (χ1n) is 7.48. The molecule has 1 N–H and O–H groups in total. The standard InChI is InChI=1S/C15H27N3/c1-12(2)17-15(11-16)7-4-14(10-15)18-8-5-13(3)6-9-18/h12-14,17H,4-10H2,1-3H3. The minimum atomic E-state index is -0.262. The summed E-state index contributed by atoms with van der Waals surface area (Å²) in [5, 5.41) is 13.0. The molecule has 1 heterocycles. The molecule has 0 aromatic heterocycles. The Morgan fingerprint density at radius 2 is 1.94 bits per heavy atom. The average Bonchev–Trinajstić information content (AvgIpc) is 2.74. The second kappa shape index (κ2) is 5.59. The maximum absolute atomic E-state index is 9.49. The van der Waals surface area contributed by atoms with E-state index in [1.54, 1.807) is 0 Å². The minimum Gasteiger partial charge on any atom is -0.300 e. The van der Waals surface area contributed by atoms with Crippen LogP contribution in [0.1, 0.15) is 52.9 Å². The van der Waals surface area contributed by atoms with Crippen molar-refractivity contribution in [1.82, 2.24) is 10.2 Å². The number of hydrogen-bond acceptors (Lipinski definition) is 3. The zero-order chi connectivity index (χ0) is 13.2. The van der Waals surface area contributed by atoms with E-state index in [2.05, 4.69) is 37.1 Å². The van der Waals surface area contributed by atoms with Crippen molar-refractivity contribution in [3.8, 4) is 6.07 Å². The van der Waals surface area contributed by atoms with Gasteiger partial charge in [0.25, 0.3) is 0 Å². The topological polar surface area (TPSA) is 39.1 Å². The molecular weight excluding hydrogens is 222 g/mol. The zero-order valence-corrected chi connectivity index (χ0v) is 12.1. The van der Waals surface area contributed by atoms with Crippen LogP contribution < -0.4 is 5.32 Å². The predicted molar refractivity (Wildman–Crippen MR) is 74.2 cm³/mol. The van der Waals surface area contributed by atoms with Gasteiger partial charge in [0, 0.05) is 12.1 Å². The van der Waals surface area contributed by atoms with Gasteiger partial charge in [-0.25, -0.2) is 0 Å². The van der Waals surface area contributed by atoms with Gasteiger partial charge in [0.2, 0.25) is 0 Å². The summed E-state index contributed by atoms with van der Waals surface area (Å²) in [6.45, 7) is 9.08. The average molecular weight is 249 g/mol. The van der Waals surface area contributed by atoms with Crippen LogP contribution in [0.3, 0.4) is 0 Å². The summed E-state index contributed by atoms with van der Waals surface area (Å²) in [5.74, 6) is 0.886. The van der Waals surface area contributed by atoms with Gasteiger partial charge in [-0.3, -0.25) is 5.32 Å². The van der Waals surface area contributed by atoms with Gasteiger partial charge in [-0.1, -0.05) is 6.92 Å². The summed E-state index contributed by atoms with van der Waals surface area (Å²) in [4.78, 5) is 2.63. The number of piperidine rings is 1. The lowest BCUT2D eigenvalue weighted by atomic mass is 9.95. The van der Waals surface area contributed by atoms with Crippen molar-refractivity contribution in [2.45, 2.75) is 70.5 Å². The molecule has 18 heavy (non-hydrogen) atoms. The highest BCUT2D eigenvalue weighted by atomic mass is 15.2. The SMILES string of the molecule is CC1CCN(C2CCC(C#N)(NC(C)C)C2)CC1. The number of rotatable bonds is 3. The van der Waals surface area contributed by atoms with Gasteiger partial charge in [0.1, 0.15) is 5.54 Å². The monoisotopic (exact) mass is 249 g/mol. The molecule has 2 rings (SSSR count). The first-order valence-corrected chi connectivity index (χ1v) is 7.48. The van der Waals surface area contributed by atoms with Crippen molar-refractivity contribution in [2.75, 3.05) is 13.1 Å². The molecule has 1 aliphatic carbocycles. The fourth-order valence-electron chi connectivity index (χ4n) is 3.54. The van der Waals surface area contributed by atoms with E-state index in [-0.39, 0.29) is 5.54 Å². The van der Waals surface area contributed by atoms with Crippen LogP contribution in [0.25, 0.3) is 0 Å². The third-order valence-electron chi connectivity index (χ3n) is 4.60. The van der Waals surface area contributed by atoms with E-state index < -0.39 is 0 Å². The Kier molecular flexibility index (Phi) is 4.29. The molecule has 0 spiro atoms. The van der Waals surface area contributed by atoms with Crippen LogP contribution in [0.5, 0.6) is 0 Å². The largest absolute Gasteiger partial charge is 0.300 e. The van der Waals surface area contributed by atoms with E-state index in [1.165, 1.54) is 32.4 Å². The molecule has 102 valence electrons. The number of nitrogens with one attached hydrogen (secondary N) is 1. The lowest BCUT2D eigenvalue weighted by Crippen LogP contribution is -2.48. The molecule has 0 aromatic carbocycles. The van der Waals surface area contributed by atoms with Crippen molar-refractivity contribution in [1.29, 1.82) is 5.26 Å². The summed E-state index contributed by atoms with van der Waals surface area (Å²) in [6, 6.07) is 3.57. The zero-order valence-electron chi connectivity index (χ0n) is 12.1. The highest BCUT2D eigenvalue weighted by Crippen LogP contribution is 2.34. The molecule has 1 aliphatic heterocycles. The van der Waals surface area contributed by atoms with Crippen LogP contribution in [0.4, 0.5) is 0 Å². The number of nitrogens with zero attached hydrogens (tertiary/aromatic N) is 2. The van der Waals surface area contributed by atoms with Crippen molar-refractivity contribution in [2.24, 2.45) is 5.92 Å². The van der Waals surface area contributed by atoms with E-state index in [1.807, 2.05) is 0 Å². The molecule has 0 amide bonds. The molecule has 1 saturated carbocycles. The number of nitriles is 1. The minimum absolute atomic E-state index is 0.262. The second-order valence-corrected chi connectivity index (χ2v) is 6.61. The molecular formula is C15H27N3. The van der Waals surface area contributed by atoms with Gasteiger partial charge in [-0.05, 0) is 65.0 Å². The van der Waals surface area contributed by atoms with Crippen molar-refractivity contribution < 1.29 is 0 Å². The van der Waals surface area contributed by atoms with Crippen LogP contribution in [0.15, 0.2) is 0 Å². The van der Waals surface area contributed by atoms with E-state index in [9.17, 15) is 5.26 Å². The molecule has 0 aromatic rings. The summed E-state index contributed by atoms with van der Waals surface area (Å²) < 4.78 is 0. The summed E-state index contributed by atoms with van der Waals surface area (Å²) >= 11 is 0. The van der Waals surface area contributed by atoms with E-state index in [4.69, 9.17) is 0 Å². The lowest BCUT2D eigenvalue weighted by Gasteiger charge is -2.35. The van der Waals surface area contributed by atoms with Gasteiger partial charge >= 0.3 is 0 Å². The highest BCUT2D eigenvalue weighted by molar-refractivity contribution is 5.14. The Labute approximate surface area is 112 Å². The summed E-state index contributed by atoms with van der Waals surface area (Å²) in [6.07, 6.45) is 5.86. The van der Waals surface area contributed by atoms with Gasteiger partial charge in [0.15, 0.2) is 0 Å². The van der Waals surface area contributed by atoms with Crippen LogP contribution in [0.2, 0.25) is 0 Å². The Hall–Kier alpha value is -0.590. The Balaban J connectivity index is 1.93. The van der Waals surface area contributed by atoms with E-state index >= 15 is 0 Å². The maximum Gasteiger partial charge on any atom is 0.108 e. The van der Waals surface area contributed by atoms with Crippen molar-refractivity contribution in [3.63, 3.8) is 0 Å². The predicted octanol–water partition coefficient (Wildman–Crippen LogP) is 2.53. The Morgan fingerprint density at radius 3 is 2.50 bits per heavy atom. The van der Waals surface area contributed by atoms with Gasteiger partial charge < -0.3 is 4.90 Å². The Bertz CT molecular complexity index is 312. The number of likely N-dealkylation sites (tertiary alicyclic amines) is 1. The molecule has 2 aliphatic rings. The van der Waals surface area contributed by atoms with Gasteiger partial charge in [-0.2, -0.15) is 5.26 Å². The third-order valence-corrected chi connectivity index (χ3v) is 4.60. The molecule has 3 heteroatoms. The van der Waals surface area contributed by atoms with Crippen LogP contribution >= 0.6 is 0 Å². The maximum atomic E-state index is 9.49. The second-order valence-electron chi connectivity index (χ2n) is 6.61. The first-order chi connectivity index (χ1) is 8.54. The molecule has 1 saturated heterocycles. The summed E-state index contributed by atoms with van der Waals surface area (Å²) in [5.41, 5.74) is -0.262. The third kappa shape index (κ3) is 3.05. The van der Waals surface area contributed by atoms with Crippen LogP contribution in [-0.4, -0.2) is 35.6 Å². The first kappa shape index (κ1) is 13.8. The molecule has 2 unspecified atom stereocenters.